The number of nitrogens with two attached hydrogens (primary N) is 4. The van der Waals surface area contributed by atoms with E-state index in [2.05, 4.69) is 10.6 Å². The molecule has 10 N–H and O–H groups in total. The molecule has 0 saturated carbocycles. The van der Waals surface area contributed by atoms with E-state index in [-0.39, 0.29) is 17.8 Å². The number of amides is 2. The summed E-state index contributed by atoms with van der Waals surface area (Å²) in [4.78, 5) is 23.3. The first-order valence-corrected chi connectivity index (χ1v) is 14.0. The molecule has 12 heteroatoms. The second kappa shape index (κ2) is 14.1. The Balaban J connectivity index is 1.38. The number of anilines is 4. The molecule has 2 amide bonds. The Morgan fingerprint density at radius 3 is 2.14 bits per heavy atom. The van der Waals surface area contributed by atoms with Crippen LogP contribution in [0, 0.1) is 0 Å². The van der Waals surface area contributed by atoms with Gasteiger partial charge in [0, 0.05) is 30.6 Å². The molecule has 230 valence electrons. The third-order valence-corrected chi connectivity index (χ3v) is 6.81. The molecule has 1 saturated heterocycles. The zero-order valence-corrected chi connectivity index (χ0v) is 24.4. The number of nitrogens with one attached hydrogen (secondary N) is 2. The van der Waals surface area contributed by atoms with Gasteiger partial charge < -0.3 is 52.5 Å². The molecule has 0 aliphatic carbocycles. The standard InChI is InChI=1S/C31H40N6O6/c1-31(2)42-26(16-36-24-10-9-20(29(34)38)13-22(24)32)27(43-31)17-37-28-23(33)14-21(30(35)39)15-25(28)41-12-6-11-40-18-19-7-4-3-5-8-19/h3-5,7-10,13-15,26-27,36-37H,6,11-12,16-18,32-33H2,1-2H3,(H2,34,38)(H2,35,39)/t26?,27-/m1/s1. The molecule has 3 aromatic rings. The van der Waals surface area contributed by atoms with Gasteiger partial charge in [-0.05, 0) is 49.7 Å². The molecule has 1 aliphatic heterocycles. The average Bonchev–Trinajstić information content (AvgIpc) is 3.26. The lowest BCUT2D eigenvalue weighted by atomic mass is 10.1. The highest BCUT2D eigenvalue weighted by Gasteiger charge is 2.41. The summed E-state index contributed by atoms with van der Waals surface area (Å²) in [6, 6.07) is 17.8. The van der Waals surface area contributed by atoms with Gasteiger partial charge in [-0.15, -0.1) is 0 Å². The van der Waals surface area contributed by atoms with Gasteiger partial charge in [-0.3, -0.25) is 9.59 Å². The Labute approximate surface area is 251 Å². The zero-order chi connectivity index (χ0) is 31.0. The number of rotatable bonds is 15. The van der Waals surface area contributed by atoms with Crippen LogP contribution in [0.25, 0.3) is 0 Å². The molecule has 1 unspecified atom stereocenters. The fourth-order valence-electron chi connectivity index (χ4n) is 4.73. The number of nitrogen functional groups attached to an aromatic ring is 2. The summed E-state index contributed by atoms with van der Waals surface area (Å²) in [7, 11) is 0. The highest BCUT2D eigenvalue weighted by molar-refractivity contribution is 5.96. The number of carbonyl (C=O) groups excluding carboxylic acids is 2. The van der Waals surface area contributed by atoms with Crippen LogP contribution in [0.2, 0.25) is 0 Å². The van der Waals surface area contributed by atoms with Crippen LogP contribution < -0.4 is 38.3 Å². The Morgan fingerprint density at radius 1 is 0.837 bits per heavy atom. The first kappa shape index (κ1) is 31.4. The van der Waals surface area contributed by atoms with Crippen molar-refractivity contribution in [3.05, 3.63) is 77.4 Å². The number of hydrogen-bond acceptors (Lipinski definition) is 10. The quantitative estimate of drug-likeness (QED) is 0.113. The highest BCUT2D eigenvalue weighted by Crippen LogP contribution is 2.35. The molecule has 1 heterocycles. The van der Waals surface area contributed by atoms with Gasteiger partial charge in [0.05, 0.1) is 36.9 Å². The van der Waals surface area contributed by atoms with Gasteiger partial charge in [0.25, 0.3) is 0 Å². The van der Waals surface area contributed by atoms with E-state index in [0.29, 0.717) is 73.4 Å². The van der Waals surface area contributed by atoms with Gasteiger partial charge in [-0.25, -0.2) is 0 Å². The van der Waals surface area contributed by atoms with Crippen molar-refractivity contribution in [2.75, 3.05) is 48.4 Å². The van der Waals surface area contributed by atoms with Crippen molar-refractivity contribution in [1.82, 2.24) is 0 Å². The van der Waals surface area contributed by atoms with Gasteiger partial charge in [0.1, 0.15) is 23.6 Å². The lowest BCUT2D eigenvalue weighted by molar-refractivity contribution is -0.144. The SMILES string of the molecule is CC1(C)OC(CNc2ccc(C(N)=O)cc2N)[C@@H](CNc2c(N)cc(C(N)=O)cc2OCCCOCc2ccccc2)O1. The molecule has 1 fully saturated rings. The smallest absolute Gasteiger partial charge is 0.248 e. The van der Waals surface area contributed by atoms with Crippen molar-refractivity contribution in [2.45, 2.75) is 44.9 Å². The van der Waals surface area contributed by atoms with Gasteiger partial charge in [-0.1, -0.05) is 30.3 Å². The summed E-state index contributed by atoms with van der Waals surface area (Å²) in [6.45, 7) is 5.71. The normalized spacial score (nSPS) is 17.3. The monoisotopic (exact) mass is 592 g/mol. The minimum absolute atomic E-state index is 0.238. The molecular weight excluding hydrogens is 552 g/mol. The summed E-state index contributed by atoms with van der Waals surface area (Å²) in [6.07, 6.45) is -0.129. The molecule has 43 heavy (non-hydrogen) atoms. The maximum absolute atomic E-state index is 11.9. The van der Waals surface area contributed by atoms with E-state index < -0.39 is 17.6 Å². The number of primary amides is 2. The first-order chi connectivity index (χ1) is 20.5. The number of benzene rings is 3. The van der Waals surface area contributed by atoms with Gasteiger partial charge in [0.15, 0.2) is 5.79 Å². The minimum Gasteiger partial charge on any atom is -0.491 e. The van der Waals surface area contributed by atoms with Crippen LogP contribution in [0.5, 0.6) is 5.75 Å². The van der Waals surface area contributed by atoms with Crippen LogP contribution in [-0.4, -0.2) is 56.1 Å². The Kier molecular flexibility index (Phi) is 10.3. The maximum atomic E-state index is 11.9. The topological polar surface area (TPSA) is 199 Å². The molecule has 0 radical (unpaired) electrons. The first-order valence-electron chi connectivity index (χ1n) is 14.0. The van der Waals surface area contributed by atoms with Crippen LogP contribution in [-0.2, 0) is 20.8 Å². The molecule has 3 aromatic carbocycles. The van der Waals surface area contributed by atoms with Crippen LogP contribution in [0.4, 0.5) is 22.7 Å². The Bertz CT molecular complexity index is 1420. The summed E-state index contributed by atoms with van der Waals surface area (Å²) in [5, 5.41) is 6.58. The van der Waals surface area contributed by atoms with Crippen molar-refractivity contribution in [3.63, 3.8) is 0 Å². The predicted octanol–water partition coefficient (Wildman–Crippen LogP) is 3.08. The molecule has 0 bridgehead atoms. The fourth-order valence-corrected chi connectivity index (χ4v) is 4.73. The molecule has 1 aliphatic rings. The predicted molar refractivity (Wildman–Crippen MR) is 166 cm³/mol. The summed E-state index contributed by atoms with van der Waals surface area (Å²) < 4.78 is 24.1. The van der Waals surface area contributed by atoms with Crippen LogP contribution in [0.1, 0.15) is 46.5 Å². The van der Waals surface area contributed by atoms with E-state index >= 15 is 0 Å². The van der Waals surface area contributed by atoms with E-state index in [9.17, 15) is 9.59 Å². The van der Waals surface area contributed by atoms with E-state index in [1.807, 2.05) is 44.2 Å². The zero-order valence-electron chi connectivity index (χ0n) is 24.4. The molecule has 0 aromatic heterocycles. The number of hydrogen-bond donors (Lipinski definition) is 6. The third kappa shape index (κ3) is 8.74. The van der Waals surface area contributed by atoms with Gasteiger partial charge in [0.2, 0.25) is 11.8 Å². The maximum Gasteiger partial charge on any atom is 0.248 e. The molecule has 4 rings (SSSR count). The molecule has 2 atom stereocenters. The second-order valence-electron chi connectivity index (χ2n) is 10.7. The van der Waals surface area contributed by atoms with Crippen LogP contribution in [0.15, 0.2) is 60.7 Å². The van der Waals surface area contributed by atoms with Crippen LogP contribution >= 0.6 is 0 Å². The molecule has 12 nitrogen and oxygen atoms in total. The Morgan fingerprint density at radius 2 is 1.49 bits per heavy atom. The lowest BCUT2D eigenvalue weighted by Gasteiger charge is -2.22. The number of carbonyl (C=O) groups is 2. The fraction of sp³-hybridized carbons (Fsp3) is 0.355. The van der Waals surface area contributed by atoms with Gasteiger partial charge >= 0.3 is 0 Å². The van der Waals surface area contributed by atoms with Crippen molar-refractivity contribution in [1.29, 1.82) is 0 Å². The van der Waals surface area contributed by atoms with Crippen molar-refractivity contribution < 1.29 is 28.5 Å². The van der Waals surface area contributed by atoms with Crippen molar-refractivity contribution in [2.24, 2.45) is 11.5 Å². The highest BCUT2D eigenvalue weighted by atomic mass is 16.8. The molecular formula is C31H40N6O6. The lowest BCUT2D eigenvalue weighted by Crippen LogP contribution is -2.35. The van der Waals surface area contributed by atoms with Gasteiger partial charge in [-0.2, -0.15) is 0 Å². The average molecular weight is 593 g/mol. The third-order valence-electron chi connectivity index (χ3n) is 6.81. The Hall–Kier alpha value is -4.52. The summed E-state index contributed by atoms with van der Waals surface area (Å²) >= 11 is 0. The molecule has 0 spiro atoms. The summed E-state index contributed by atoms with van der Waals surface area (Å²) in [5.74, 6) is -1.60. The number of ether oxygens (including phenoxy) is 4. The minimum atomic E-state index is -0.833. The van der Waals surface area contributed by atoms with Crippen molar-refractivity contribution in [3.8, 4) is 5.75 Å². The largest absolute Gasteiger partial charge is 0.491 e. The van der Waals surface area contributed by atoms with E-state index in [1.54, 1.807) is 18.2 Å². The second-order valence-corrected chi connectivity index (χ2v) is 10.7. The summed E-state index contributed by atoms with van der Waals surface area (Å²) in [5.41, 5.74) is 26.8. The van der Waals surface area contributed by atoms with Crippen LogP contribution in [0.3, 0.4) is 0 Å². The van der Waals surface area contributed by atoms with E-state index in [0.717, 1.165) is 5.56 Å². The van der Waals surface area contributed by atoms with Crippen molar-refractivity contribution >= 4 is 34.6 Å². The van der Waals surface area contributed by atoms with E-state index in [1.165, 1.54) is 12.1 Å². The van der Waals surface area contributed by atoms with E-state index in [4.69, 9.17) is 41.9 Å².